The van der Waals surface area contributed by atoms with Gasteiger partial charge in [-0.15, -0.1) is 0 Å². The van der Waals surface area contributed by atoms with Crippen molar-refractivity contribution in [2.75, 3.05) is 6.54 Å². The largest absolute Gasteiger partial charge is 0.463 e. The summed E-state index contributed by atoms with van der Waals surface area (Å²) in [6.07, 6.45) is 6.33. The number of rotatable bonds is 7. The maximum absolute atomic E-state index is 13.3. The van der Waals surface area contributed by atoms with E-state index in [-0.39, 0.29) is 16.9 Å². The predicted octanol–water partition coefficient (Wildman–Crippen LogP) is 4.46. The van der Waals surface area contributed by atoms with Crippen molar-refractivity contribution >= 4 is 16.9 Å². The Kier molecular flexibility index (Phi) is 5.99. The quantitative estimate of drug-likeness (QED) is 0.461. The summed E-state index contributed by atoms with van der Waals surface area (Å²) in [5.41, 5.74) is 2.41. The summed E-state index contributed by atoms with van der Waals surface area (Å²) >= 11 is 0. The number of hydrogen-bond donors (Lipinski definition) is 0. The standard InChI is InChI=1S/C25H22N2O3/c28-24-21-10-4-5-11-23(21)30-18-22(24)25(29)27(17-20-12-14-26-15-13-20)16-6-9-19-7-2-1-3-8-19/h1-5,7-8,10-15,18H,6,9,16-17H2. The minimum absolute atomic E-state index is 0.0578. The number of pyridine rings is 1. The maximum Gasteiger partial charge on any atom is 0.261 e. The van der Waals surface area contributed by atoms with Crippen LogP contribution >= 0.6 is 0 Å². The summed E-state index contributed by atoms with van der Waals surface area (Å²) in [6.45, 7) is 0.935. The van der Waals surface area contributed by atoms with Crippen molar-refractivity contribution < 1.29 is 9.21 Å². The molecule has 0 aliphatic carbocycles. The van der Waals surface area contributed by atoms with E-state index in [1.165, 1.54) is 11.8 Å². The van der Waals surface area contributed by atoms with Crippen LogP contribution in [0.25, 0.3) is 11.0 Å². The lowest BCUT2D eigenvalue weighted by Crippen LogP contribution is -2.34. The van der Waals surface area contributed by atoms with E-state index in [0.717, 1.165) is 18.4 Å². The van der Waals surface area contributed by atoms with E-state index in [0.29, 0.717) is 24.1 Å². The first kappa shape index (κ1) is 19.6. The number of aryl methyl sites for hydroxylation is 1. The molecule has 5 heteroatoms. The Balaban J connectivity index is 1.58. The summed E-state index contributed by atoms with van der Waals surface area (Å²) in [7, 11) is 0. The zero-order chi connectivity index (χ0) is 20.8. The van der Waals surface area contributed by atoms with E-state index in [9.17, 15) is 9.59 Å². The van der Waals surface area contributed by atoms with Crippen molar-refractivity contribution in [1.82, 2.24) is 9.88 Å². The van der Waals surface area contributed by atoms with Crippen LogP contribution in [0.3, 0.4) is 0 Å². The molecule has 0 bridgehead atoms. The zero-order valence-electron chi connectivity index (χ0n) is 16.5. The number of carbonyl (C=O) groups is 1. The lowest BCUT2D eigenvalue weighted by atomic mass is 10.1. The molecule has 4 aromatic rings. The highest BCUT2D eigenvalue weighted by molar-refractivity contribution is 5.96. The molecule has 4 rings (SSSR count). The summed E-state index contributed by atoms with van der Waals surface area (Å²) in [4.78, 5) is 32.0. The third-order valence-electron chi connectivity index (χ3n) is 5.06. The highest BCUT2D eigenvalue weighted by Crippen LogP contribution is 2.14. The first-order chi connectivity index (χ1) is 14.7. The van der Waals surface area contributed by atoms with Crippen molar-refractivity contribution in [1.29, 1.82) is 0 Å². The number of nitrogens with zero attached hydrogens (tertiary/aromatic N) is 2. The van der Waals surface area contributed by atoms with E-state index in [2.05, 4.69) is 17.1 Å². The average molecular weight is 398 g/mol. The van der Waals surface area contributed by atoms with Crippen LogP contribution in [-0.4, -0.2) is 22.3 Å². The second-order valence-corrected chi connectivity index (χ2v) is 7.15. The Bertz CT molecular complexity index is 1190. The van der Waals surface area contributed by atoms with E-state index in [1.807, 2.05) is 30.3 Å². The average Bonchev–Trinajstić information content (AvgIpc) is 2.80. The molecule has 0 unspecified atom stereocenters. The van der Waals surface area contributed by atoms with Crippen LogP contribution in [-0.2, 0) is 13.0 Å². The molecule has 0 aliphatic rings. The van der Waals surface area contributed by atoms with Gasteiger partial charge in [-0.05, 0) is 48.2 Å². The lowest BCUT2D eigenvalue weighted by molar-refractivity contribution is 0.0738. The fourth-order valence-electron chi connectivity index (χ4n) is 3.48. The van der Waals surface area contributed by atoms with Gasteiger partial charge in [0.1, 0.15) is 17.4 Å². The molecule has 0 fully saturated rings. The molecule has 30 heavy (non-hydrogen) atoms. The number of hydrogen-bond acceptors (Lipinski definition) is 4. The number of fused-ring (bicyclic) bond motifs is 1. The fraction of sp³-hybridized carbons (Fsp3) is 0.160. The number of benzene rings is 2. The summed E-state index contributed by atoms with van der Waals surface area (Å²) in [5.74, 6) is -0.320. The fourth-order valence-corrected chi connectivity index (χ4v) is 3.48. The van der Waals surface area contributed by atoms with Crippen molar-refractivity contribution in [3.63, 3.8) is 0 Å². The smallest absolute Gasteiger partial charge is 0.261 e. The Labute approximate surface area is 174 Å². The molecule has 2 aromatic carbocycles. The van der Waals surface area contributed by atoms with Crippen LogP contribution in [0, 0.1) is 0 Å². The molecule has 0 atom stereocenters. The van der Waals surface area contributed by atoms with Gasteiger partial charge in [-0.1, -0.05) is 42.5 Å². The van der Waals surface area contributed by atoms with Gasteiger partial charge in [0.25, 0.3) is 5.91 Å². The molecule has 1 amide bonds. The molecule has 150 valence electrons. The van der Waals surface area contributed by atoms with Crippen LogP contribution in [0.4, 0.5) is 0 Å². The first-order valence-corrected chi connectivity index (χ1v) is 9.95. The minimum atomic E-state index is -0.320. The number of aromatic nitrogens is 1. The van der Waals surface area contributed by atoms with Gasteiger partial charge in [0, 0.05) is 25.5 Å². The van der Waals surface area contributed by atoms with Gasteiger partial charge in [0.15, 0.2) is 0 Å². The summed E-state index contributed by atoms with van der Waals surface area (Å²) in [5, 5.41) is 0.413. The third-order valence-corrected chi connectivity index (χ3v) is 5.06. The molecule has 5 nitrogen and oxygen atoms in total. The van der Waals surface area contributed by atoms with Gasteiger partial charge < -0.3 is 9.32 Å². The lowest BCUT2D eigenvalue weighted by Gasteiger charge is -2.22. The maximum atomic E-state index is 13.3. The molecule has 2 aromatic heterocycles. The van der Waals surface area contributed by atoms with Gasteiger partial charge >= 0.3 is 0 Å². The van der Waals surface area contributed by atoms with Crippen LogP contribution in [0.15, 0.2) is 94.6 Å². The monoisotopic (exact) mass is 398 g/mol. The van der Waals surface area contributed by atoms with Crippen molar-refractivity contribution in [3.05, 3.63) is 112 Å². The van der Waals surface area contributed by atoms with Gasteiger partial charge in [0.2, 0.25) is 5.43 Å². The van der Waals surface area contributed by atoms with Crippen LogP contribution in [0.2, 0.25) is 0 Å². The second-order valence-electron chi connectivity index (χ2n) is 7.15. The second kappa shape index (κ2) is 9.18. The normalized spacial score (nSPS) is 10.8. The zero-order valence-corrected chi connectivity index (χ0v) is 16.5. The number of carbonyl (C=O) groups excluding carboxylic acids is 1. The molecule has 0 aliphatic heterocycles. The SMILES string of the molecule is O=C(c1coc2ccccc2c1=O)N(CCCc1ccccc1)Cc1ccncc1. The predicted molar refractivity (Wildman–Crippen MR) is 116 cm³/mol. The van der Waals surface area contributed by atoms with Crippen LogP contribution < -0.4 is 5.43 Å². The number of amides is 1. The molecule has 0 radical (unpaired) electrons. The Hall–Kier alpha value is -3.73. The van der Waals surface area contributed by atoms with E-state index < -0.39 is 0 Å². The summed E-state index contributed by atoms with van der Waals surface area (Å²) < 4.78 is 5.56. The molecule has 0 N–H and O–H groups in total. The Morgan fingerprint density at radius 3 is 2.43 bits per heavy atom. The topological polar surface area (TPSA) is 63.4 Å². The molecular formula is C25H22N2O3. The molecular weight excluding hydrogens is 376 g/mol. The van der Waals surface area contributed by atoms with Gasteiger partial charge in [-0.25, -0.2) is 0 Å². The van der Waals surface area contributed by atoms with E-state index in [1.54, 1.807) is 41.6 Å². The van der Waals surface area contributed by atoms with E-state index in [4.69, 9.17) is 4.42 Å². The molecule has 0 saturated heterocycles. The Morgan fingerprint density at radius 2 is 1.63 bits per heavy atom. The van der Waals surface area contributed by atoms with Crippen LogP contribution in [0.1, 0.15) is 27.9 Å². The molecule has 2 heterocycles. The molecule has 0 spiro atoms. The Morgan fingerprint density at radius 1 is 0.900 bits per heavy atom. The highest BCUT2D eigenvalue weighted by atomic mass is 16.3. The minimum Gasteiger partial charge on any atom is -0.463 e. The number of para-hydroxylation sites is 1. The van der Waals surface area contributed by atoms with Gasteiger partial charge in [-0.3, -0.25) is 14.6 Å². The van der Waals surface area contributed by atoms with Crippen molar-refractivity contribution in [3.8, 4) is 0 Å². The summed E-state index contributed by atoms with van der Waals surface area (Å²) in [6, 6.07) is 20.9. The highest BCUT2D eigenvalue weighted by Gasteiger charge is 2.21. The van der Waals surface area contributed by atoms with Gasteiger partial charge in [0.05, 0.1) is 5.39 Å². The third kappa shape index (κ3) is 4.46. The van der Waals surface area contributed by atoms with Crippen molar-refractivity contribution in [2.24, 2.45) is 0 Å². The first-order valence-electron chi connectivity index (χ1n) is 9.95. The van der Waals surface area contributed by atoms with Gasteiger partial charge in [-0.2, -0.15) is 0 Å². The molecule has 0 saturated carbocycles. The van der Waals surface area contributed by atoms with Crippen molar-refractivity contribution in [2.45, 2.75) is 19.4 Å². The van der Waals surface area contributed by atoms with E-state index >= 15 is 0 Å². The van der Waals surface area contributed by atoms with Crippen LogP contribution in [0.5, 0.6) is 0 Å².